The Balaban J connectivity index is 1.45. The second kappa shape index (κ2) is 8.99. The smallest absolute Gasteiger partial charge is 0.311 e. The van der Waals surface area contributed by atoms with Gasteiger partial charge >= 0.3 is 5.97 Å². The second-order valence-electron chi connectivity index (χ2n) is 7.60. The zero-order valence-corrected chi connectivity index (χ0v) is 16.1. The van der Waals surface area contributed by atoms with Gasteiger partial charge in [0.05, 0.1) is 5.92 Å². The summed E-state index contributed by atoms with van der Waals surface area (Å²) < 4.78 is 5.05. The van der Waals surface area contributed by atoms with Crippen LogP contribution in [0.5, 0.6) is 0 Å². The fraction of sp³-hybridized carbons (Fsp3) is 0.524. The number of carbonyl (C=O) groups excluding carboxylic acids is 4. The molecule has 1 atom stereocenters. The van der Waals surface area contributed by atoms with E-state index in [0.717, 1.165) is 43.4 Å². The average molecular weight is 386 g/mol. The van der Waals surface area contributed by atoms with Gasteiger partial charge in [0.1, 0.15) is 0 Å². The van der Waals surface area contributed by atoms with Crippen molar-refractivity contribution in [1.82, 2.24) is 5.32 Å². The van der Waals surface area contributed by atoms with Crippen molar-refractivity contribution < 1.29 is 23.9 Å². The van der Waals surface area contributed by atoms with Crippen LogP contribution in [0.1, 0.15) is 44.1 Å². The number of hydrogen-bond acceptors (Lipinski definition) is 5. The van der Waals surface area contributed by atoms with Gasteiger partial charge in [-0.25, -0.2) is 0 Å². The summed E-state index contributed by atoms with van der Waals surface area (Å²) in [4.78, 5) is 50.0. The highest BCUT2D eigenvalue weighted by Crippen LogP contribution is 2.26. The lowest BCUT2D eigenvalue weighted by molar-refractivity contribution is -0.153. The maximum atomic E-state index is 12.2. The van der Waals surface area contributed by atoms with E-state index >= 15 is 0 Å². The van der Waals surface area contributed by atoms with Crippen molar-refractivity contribution in [3.63, 3.8) is 0 Å². The third-order valence-electron chi connectivity index (χ3n) is 5.39. The molecule has 1 saturated carbocycles. The first kappa shape index (κ1) is 20.0. The van der Waals surface area contributed by atoms with E-state index in [1.54, 1.807) is 4.90 Å². The third kappa shape index (κ3) is 4.97. The summed E-state index contributed by atoms with van der Waals surface area (Å²) in [5, 5.41) is 2.31. The standard InChI is InChI=1S/C21H26N2O5/c1-14-7-9-17(10-8-14)23-12-16(11-19(23)25)21(27)28-13-18(24)22-20(26)15-5-3-2-4-6-15/h7-10,15-16H,2-6,11-13H2,1H3,(H,22,24,26). The Morgan fingerprint density at radius 1 is 1.07 bits per heavy atom. The minimum atomic E-state index is -0.622. The molecule has 0 spiro atoms. The van der Waals surface area contributed by atoms with E-state index in [2.05, 4.69) is 5.32 Å². The maximum Gasteiger partial charge on any atom is 0.311 e. The molecule has 1 aliphatic heterocycles. The molecule has 1 aliphatic carbocycles. The topological polar surface area (TPSA) is 92.8 Å². The molecule has 3 amide bonds. The lowest BCUT2D eigenvalue weighted by Crippen LogP contribution is -2.39. The molecule has 1 unspecified atom stereocenters. The van der Waals surface area contributed by atoms with E-state index in [-0.39, 0.29) is 30.7 Å². The van der Waals surface area contributed by atoms with Gasteiger partial charge in [-0.2, -0.15) is 0 Å². The number of anilines is 1. The van der Waals surface area contributed by atoms with E-state index in [1.807, 2.05) is 31.2 Å². The van der Waals surface area contributed by atoms with Crippen LogP contribution >= 0.6 is 0 Å². The van der Waals surface area contributed by atoms with Gasteiger partial charge < -0.3 is 9.64 Å². The number of ether oxygens (including phenoxy) is 1. The van der Waals surface area contributed by atoms with Gasteiger partial charge in [0.15, 0.2) is 6.61 Å². The first-order valence-corrected chi connectivity index (χ1v) is 9.81. The van der Waals surface area contributed by atoms with Crippen molar-refractivity contribution in [2.45, 2.75) is 45.4 Å². The van der Waals surface area contributed by atoms with E-state index in [0.29, 0.717) is 0 Å². The Kier molecular flexibility index (Phi) is 6.44. The zero-order chi connectivity index (χ0) is 20.1. The molecule has 7 nitrogen and oxygen atoms in total. The summed E-state index contributed by atoms with van der Waals surface area (Å²) in [7, 11) is 0. The summed E-state index contributed by atoms with van der Waals surface area (Å²) in [6, 6.07) is 7.49. The number of nitrogens with zero attached hydrogens (tertiary/aromatic N) is 1. The molecule has 1 aromatic carbocycles. The van der Waals surface area contributed by atoms with Crippen LogP contribution in [0.25, 0.3) is 0 Å². The number of hydrogen-bond donors (Lipinski definition) is 1. The number of benzene rings is 1. The molecule has 1 aromatic rings. The zero-order valence-electron chi connectivity index (χ0n) is 16.1. The Labute approximate surface area is 164 Å². The molecular weight excluding hydrogens is 360 g/mol. The van der Waals surface area contributed by atoms with Gasteiger partial charge in [0.25, 0.3) is 5.91 Å². The highest BCUT2D eigenvalue weighted by molar-refractivity contribution is 6.00. The van der Waals surface area contributed by atoms with Crippen LogP contribution in [0.4, 0.5) is 5.69 Å². The van der Waals surface area contributed by atoms with Gasteiger partial charge in [-0.15, -0.1) is 0 Å². The molecule has 2 aliphatic rings. The molecule has 1 N–H and O–H groups in total. The molecule has 1 saturated heterocycles. The molecule has 0 aromatic heterocycles. The van der Waals surface area contributed by atoms with Crippen molar-refractivity contribution in [3.8, 4) is 0 Å². The minimum absolute atomic E-state index is 0.0509. The van der Waals surface area contributed by atoms with Gasteiger partial charge in [0, 0.05) is 24.6 Å². The molecule has 28 heavy (non-hydrogen) atoms. The lowest BCUT2D eigenvalue weighted by atomic mass is 9.89. The van der Waals surface area contributed by atoms with Gasteiger partial charge in [-0.1, -0.05) is 37.0 Å². The monoisotopic (exact) mass is 386 g/mol. The van der Waals surface area contributed by atoms with Crippen molar-refractivity contribution in [2.75, 3.05) is 18.1 Å². The van der Waals surface area contributed by atoms with Crippen molar-refractivity contribution in [2.24, 2.45) is 11.8 Å². The van der Waals surface area contributed by atoms with Gasteiger partial charge in [0.2, 0.25) is 11.8 Å². The number of aryl methyl sites for hydroxylation is 1. The predicted molar refractivity (Wildman–Crippen MR) is 102 cm³/mol. The van der Waals surface area contributed by atoms with Crippen LogP contribution in [0.15, 0.2) is 24.3 Å². The molecule has 1 heterocycles. The number of rotatable bonds is 5. The Morgan fingerprint density at radius 2 is 1.75 bits per heavy atom. The van der Waals surface area contributed by atoms with Crippen molar-refractivity contribution >= 4 is 29.4 Å². The largest absolute Gasteiger partial charge is 0.455 e. The van der Waals surface area contributed by atoms with Crippen LogP contribution in [-0.2, 0) is 23.9 Å². The first-order valence-electron chi connectivity index (χ1n) is 9.81. The summed E-state index contributed by atoms with van der Waals surface area (Å²) >= 11 is 0. The van der Waals surface area contributed by atoms with E-state index in [9.17, 15) is 19.2 Å². The second-order valence-corrected chi connectivity index (χ2v) is 7.60. The van der Waals surface area contributed by atoms with E-state index in [1.165, 1.54) is 0 Å². The lowest BCUT2D eigenvalue weighted by Gasteiger charge is -2.20. The maximum absolute atomic E-state index is 12.2. The quantitative estimate of drug-likeness (QED) is 0.783. The van der Waals surface area contributed by atoms with Gasteiger partial charge in [-0.05, 0) is 31.9 Å². The highest BCUT2D eigenvalue weighted by atomic mass is 16.5. The third-order valence-corrected chi connectivity index (χ3v) is 5.39. The fourth-order valence-corrected chi connectivity index (χ4v) is 3.73. The molecule has 3 rings (SSSR count). The summed E-state index contributed by atoms with van der Waals surface area (Å²) in [6.45, 7) is 1.68. The normalized spacial score (nSPS) is 20.1. The number of imide groups is 1. The van der Waals surface area contributed by atoms with E-state index in [4.69, 9.17) is 4.74 Å². The molecule has 150 valence electrons. The molecular formula is C21H26N2O5. The molecule has 0 bridgehead atoms. The van der Waals surface area contributed by atoms with Crippen LogP contribution < -0.4 is 10.2 Å². The number of carbonyl (C=O) groups is 4. The first-order chi connectivity index (χ1) is 13.4. The Hall–Kier alpha value is -2.70. The fourth-order valence-electron chi connectivity index (χ4n) is 3.73. The molecule has 7 heteroatoms. The molecule has 0 radical (unpaired) electrons. The number of nitrogens with one attached hydrogen (secondary N) is 1. The predicted octanol–water partition coefficient (Wildman–Crippen LogP) is 2.11. The van der Waals surface area contributed by atoms with E-state index < -0.39 is 24.4 Å². The number of esters is 1. The summed E-state index contributed by atoms with van der Waals surface area (Å²) in [5.41, 5.74) is 1.82. The van der Waals surface area contributed by atoms with Gasteiger partial charge in [-0.3, -0.25) is 24.5 Å². The minimum Gasteiger partial charge on any atom is -0.455 e. The van der Waals surface area contributed by atoms with Crippen LogP contribution in [0, 0.1) is 18.8 Å². The Morgan fingerprint density at radius 3 is 2.43 bits per heavy atom. The average Bonchev–Trinajstić information content (AvgIpc) is 3.09. The summed E-state index contributed by atoms with van der Waals surface area (Å²) in [6.07, 6.45) is 4.74. The molecule has 2 fully saturated rings. The summed E-state index contributed by atoms with van der Waals surface area (Å²) in [5.74, 6) is -2.41. The van der Waals surface area contributed by atoms with Crippen molar-refractivity contribution in [3.05, 3.63) is 29.8 Å². The van der Waals surface area contributed by atoms with Crippen molar-refractivity contribution in [1.29, 1.82) is 0 Å². The SMILES string of the molecule is Cc1ccc(N2CC(C(=O)OCC(=O)NC(=O)C3CCCCC3)CC2=O)cc1. The van der Waals surface area contributed by atoms with Crippen LogP contribution in [0.2, 0.25) is 0 Å². The van der Waals surface area contributed by atoms with Crippen LogP contribution in [-0.4, -0.2) is 36.8 Å². The highest BCUT2D eigenvalue weighted by Gasteiger charge is 2.36. The Bertz CT molecular complexity index is 753. The number of amides is 3. The van der Waals surface area contributed by atoms with Crippen LogP contribution in [0.3, 0.4) is 0 Å².